The standard InChI is InChI=1S/C28H28N2O6S/c1-6-35-20-13-12-19(14-16(20)4)23(31)21-22(18-10-8-15(3)9-11-18)30(26(33)24(21)32)28-29-17(5)25(37-28)27(34)36-7-2/h8-14,21-22H,6-7H2,1-5H3. The number of Topliss-reactive ketones (excluding diaryl/α,β-unsaturated/α-hetero) is 2. The van der Waals surface area contributed by atoms with Crippen LogP contribution in [0.25, 0.3) is 0 Å². The zero-order valence-electron chi connectivity index (χ0n) is 21.4. The number of nitrogens with zero attached hydrogens (tertiary/aromatic N) is 2. The number of benzene rings is 2. The Morgan fingerprint density at radius 3 is 2.32 bits per heavy atom. The number of rotatable bonds is 8. The third kappa shape index (κ3) is 4.91. The minimum Gasteiger partial charge on any atom is -0.494 e. The molecule has 1 amide bonds. The third-order valence-corrected chi connectivity index (χ3v) is 7.36. The number of ether oxygens (including phenoxy) is 2. The van der Waals surface area contributed by atoms with E-state index >= 15 is 0 Å². The van der Waals surface area contributed by atoms with Gasteiger partial charge in [0.1, 0.15) is 16.5 Å². The number of amides is 1. The van der Waals surface area contributed by atoms with Crippen molar-refractivity contribution in [1.29, 1.82) is 0 Å². The quantitative estimate of drug-likeness (QED) is 0.182. The van der Waals surface area contributed by atoms with Crippen molar-refractivity contribution in [1.82, 2.24) is 4.98 Å². The van der Waals surface area contributed by atoms with Crippen LogP contribution in [0.5, 0.6) is 5.75 Å². The van der Waals surface area contributed by atoms with Gasteiger partial charge < -0.3 is 9.47 Å². The SMILES string of the molecule is CCOC(=O)c1sc(N2C(=O)C(=O)C(C(=O)c3ccc(OCC)c(C)c3)C2c2ccc(C)cc2)nc1C. The van der Waals surface area contributed by atoms with Gasteiger partial charge in [-0.2, -0.15) is 0 Å². The maximum Gasteiger partial charge on any atom is 0.350 e. The van der Waals surface area contributed by atoms with E-state index in [0.717, 1.165) is 22.5 Å². The summed E-state index contributed by atoms with van der Waals surface area (Å²) in [4.78, 5) is 58.9. The molecule has 0 saturated carbocycles. The molecule has 0 N–H and O–H groups in total. The Bertz CT molecular complexity index is 1380. The number of ketones is 2. The van der Waals surface area contributed by atoms with E-state index in [-0.39, 0.29) is 16.6 Å². The van der Waals surface area contributed by atoms with Crippen molar-refractivity contribution in [3.63, 3.8) is 0 Å². The summed E-state index contributed by atoms with van der Waals surface area (Å²) < 4.78 is 10.7. The highest BCUT2D eigenvalue weighted by atomic mass is 32.1. The molecule has 8 nitrogen and oxygen atoms in total. The zero-order valence-corrected chi connectivity index (χ0v) is 22.2. The van der Waals surface area contributed by atoms with Gasteiger partial charge in [0.25, 0.3) is 5.91 Å². The van der Waals surface area contributed by atoms with Crippen molar-refractivity contribution < 1.29 is 28.7 Å². The highest BCUT2D eigenvalue weighted by Crippen LogP contribution is 2.43. The van der Waals surface area contributed by atoms with Gasteiger partial charge in [-0.1, -0.05) is 41.2 Å². The summed E-state index contributed by atoms with van der Waals surface area (Å²) in [7, 11) is 0. The second-order valence-electron chi connectivity index (χ2n) is 8.78. The molecule has 2 aromatic carbocycles. The predicted octanol–water partition coefficient (Wildman–Crippen LogP) is 4.80. The molecule has 9 heteroatoms. The van der Waals surface area contributed by atoms with Crippen LogP contribution in [0, 0.1) is 26.7 Å². The molecule has 0 bridgehead atoms. The van der Waals surface area contributed by atoms with Gasteiger partial charge in [-0.25, -0.2) is 9.78 Å². The highest BCUT2D eigenvalue weighted by molar-refractivity contribution is 7.17. The Kier molecular flexibility index (Phi) is 7.54. The summed E-state index contributed by atoms with van der Waals surface area (Å²) in [5.74, 6) is -3.29. The minimum atomic E-state index is -1.28. The van der Waals surface area contributed by atoms with Crippen LogP contribution in [0.3, 0.4) is 0 Å². The minimum absolute atomic E-state index is 0.169. The number of thiazole rings is 1. The Morgan fingerprint density at radius 2 is 1.70 bits per heavy atom. The number of hydrogen-bond acceptors (Lipinski definition) is 8. The molecule has 3 aromatic rings. The van der Waals surface area contributed by atoms with Crippen LogP contribution in [0.2, 0.25) is 0 Å². The molecule has 1 saturated heterocycles. The summed E-state index contributed by atoms with van der Waals surface area (Å²) in [5, 5.41) is 0.169. The van der Waals surface area contributed by atoms with Crippen molar-refractivity contribution in [2.45, 2.75) is 40.7 Å². The first kappa shape index (κ1) is 26.2. The molecule has 0 aliphatic carbocycles. The highest BCUT2D eigenvalue weighted by Gasteiger charge is 2.53. The molecule has 2 unspecified atom stereocenters. The molecular formula is C28H28N2O6S. The fourth-order valence-corrected chi connectivity index (χ4v) is 5.41. The lowest BCUT2D eigenvalue weighted by molar-refractivity contribution is -0.135. The van der Waals surface area contributed by atoms with Gasteiger partial charge >= 0.3 is 5.97 Å². The average Bonchev–Trinajstić information content (AvgIpc) is 3.37. The number of aromatic nitrogens is 1. The Morgan fingerprint density at radius 1 is 1.00 bits per heavy atom. The van der Waals surface area contributed by atoms with Crippen LogP contribution < -0.4 is 9.64 Å². The van der Waals surface area contributed by atoms with Gasteiger partial charge in [0.15, 0.2) is 10.9 Å². The Balaban J connectivity index is 1.81. The van der Waals surface area contributed by atoms with Gasteiger partial charge in [-0.15, -0.1) is 0 Å². The lowest BCUT2D eigenvalue weighted by Crippen LogP contribution is -2.30. The van der Waals surface area contributed by atoms with Crippen molar-refractivity contribution in [3.05, 3.63) is 75.3 Å². The van der Waals surface area contributed by atoms with Crippen LogP contribution >= 0.6 is 11.3 Å². The van der Waals surface area contributed by atoms with Gasteiger partial charge in [0, 0.05) is 5.56 Å². The van der Waals surface area contributed by atoms with Crippen LogP contribution in [0.15, 0.2) is 42.5 Å². The van der Waals surface area contributed by atoms with Gasteiger partial charge in [-0.3, -0.25) is 19.3 Å². The molecule has 2 atom stereocenters. The summed E-state index contributed by atoms with van der Waals surface area (Å²) >= 11 is 0.971. The molecule has 0 spiro atoms. The molecule has 0 radical (unpaired) electrons. The summed E-state index contributed by atoms with van der Waals surface area (Å²) in [6.45, 7) is 9.63. The molecule has 2 heterocycles. The lowest BCUT2D eigenvalue weighted by Gasteiger charge is -2.25. The number of carbonyl (C=O) groups is 4. The molecule has 1 aliphatic rings. The Hall–Kier alpha value is -3.85. The molecular weight excluding hydrogens is 492 g/mol. The fourth-order valence-electron chi connectivity index (χ4n) is 4.41. The van der Waals surface area contributed by atoms with E-state index in [0.29, 0.717) is 29.2 Å². The topological polar surface area (TPSA) is 103 Å². The maximum absolute atomic E-state index is 13.8. The van der Waals surface area contributed by atoms with E-state index in [1.165, 1.54) is 4.90 Å². The number of aryl methyl sites for hydroxylation is 3. The largest absolute Gasteiger partial charge is 0.494 e. The summed E-state index contributed by atoms with van der Waals surface area (Å²) in [6.07, 6.45) is 0. The first-order chi connectivity index (χ1) is 17.7. The predicted molar refractivity (Wildman–Crippen MR) is 139 cm³/mol. The van der Waals surface area contributed by atoms with E-state index in [2.05, 4.69) is 4.98 Å². The normalized spacial score (nSPS) is 17.3. The van der Waals surface area contributed by atoms with E-state index in [4.69, 9.17) is 9.47 Å². The van der Waals surface area contributed by atoms with E-state index < -0.39 is 35.4 Å². The van der Waals surface area contributed by atoms with Crippen molar-refractivity contribution in [2.24, 2.45) is 5.92 Å². The fraction of sp³-hybridized carbons (Fsp3) is 0.321. The lowest BCUT2D eigenvalue weighted by atomic mass is 9.86. The molecule has 1 aliphatic heterocycles. The molecule has 192 valence electrons. The van der Waals surface area contributed by atoms with Crippen LogP contribution in [-0.2, 0) is 14.3 Å². The first-order valence-electron chi connectivity index (χ1n) is 12.0. The zero-order chi connectivity index (χ0) is 26.9. The van der Waals surface area contributed by atoms with Gasteiger partial charge in [0.2, 0.25) is 5.78 Å². The number of hydrogen-bond donors (Lipinski definition) is 0. The molecule has 1 aromatic heterocycles. The van der Waals surface area contributed by atoms with E-state index in [1.807, 2.05) is 32.9 Å². The summed E-state index contributed by atoms with van der Waals surface area (Å²) in [6, 6.07) is 11.4. The van der Waals surface area contributed by atoms with Crippen LogP contribution in [0.4, 0.5) is 5.13 Å². The monoisotopic (exact) mass is 520 g/mol. The third-order valence-electron chi connectivity index (χ3n) is 6.22. The second-order valence-corrected chi connectivity index (χ2v) is 9.76. The van der Waals surface area contributed by atoms with Crippen LogP contribution in [-0.4, -0.2) is 41.6 Å². The second kappa shape index (κ2) is 10.6. The smallest absolute Gasteiger partial charge is 0.350 e. The summed E-state index contributed by atoms with van der Waals surface area (Å²) in [5.41, 5.74) is 3.07. The number of esters is 1. The van der Waals surface area contributed by atoms with Crippen molar-refractivity contribution >= 4 is 39.9 Å². The molecule has 37 heavy (non-hydrogen) atoms. The molecule has 4 rings (SSSR count). The molecule has 1 fully saturated rings. The van der Waals surface area contributed by atoms with Gasteiger partial charge in [-0.05, 0) is 63.9 Å². The van der Waals surface area contributed by atoms with E-state index in [1.54, 1.807) is 44.2 Å². The van der Waals surface area contributed by atoms with Crippen LogP contribution in [0.1, 0.15) is 62.3 Å². The number of anilines is 1. The van der Waals surface area contributed by atoms with Gasteiger partial charge in [0.05, 0.1) is 24.9 Å². The number of carbonyl (C=O) groups excluding carboxylic acids is 4. The average molecular weight is 521 g/mol. The van der Waals surface area contributed by atoms with E-state index in [9.17, 15) is 19.2 Å². The Labute approximate surface area is 219 Å². The maximum atomic E-state index is 13.8. The van der Waals surface area contributed by atoms with Crippen molar-refractivity contribution in [3.8, 4) is 5.75 Å². The van der Waals surface area contributed by atoms with Crippen molar-refractivity contribution in [2.75, 3.05) is 18.1 Å². The first-order valence-corrected chi connectivity index (χ1v) is 12.9.